The summed E-state index contributed by atoms with van der Waals surface area (Å²) in [5, 5.41) is 6.09. The van der Waals surface area contributed by atoms with Crippen LogP contribution in [0.3, 0.4) is 0 Å². The molecule has 0 saturated carbocycles. The number of hydrogen-bond acceptors (Lipinski definition) is 6. The minimum Gasteiger partial charge on any atom is -0.444 e. The van der Waals surface area contributed by atoms with Gasteiger partial charge in [-0.15, -0.1) is 0 Å². The molecule has 0 bridgehead atoms. The van der Waals surface area contributed by atoms with Crippen molar-refractivity contribution in [3.63, 3.8) is 0 Å². The molecule has 1 atom stereocenters. The topological polar surface area (TPSA) is 151 Å². The van der Waals surface area contributed by atoms with Crippen LogP contribution in [0, 0.1) is 0 Å². The van der Waals surface area contributed by atoms with E-state index in [-0.39, 0.29) is 6.42 Å². The van der Waals surface area contributed by atoms with Gasteiger partial charge in [0.15, 0.2) is 6.61 Å². The molecule has 3 aromatic rings. The maximum atomic E-state index is 12.9. The Balaban J connectivity index is 1.50. The van der Waals surface area contributed by atoms with Crippen molar-refractivity contribution in [2.75, 3.05) is 13.2 Å². The molecule has 38 heavy (non-hydrogen) atoms. The first-order chi connectivity index (χ1) is 18.1. The summed E-state index contributed by atoms with van der Waals surface area (Å²) in [4.78, 5) is 52.3. The first kappa shape index (κ1) is 28.0. The molecule has 202 valence electrons. The Kier molecular flexibility index (Phi) is 9.69. The maximum Gasteiger partial charge on any atom is 0.426 e. The second kappa shape index (κ2) is 13.1. The summed E-state index contributed by atoms with van der Waals surface area (Å²) in [6.07, 6.45) is 0.694. The molecule has 1 heterocycles. The van der Waals surface area contributed by atoms with Crippen LogP contribution >= 0.6 is 0 Å². The van der Waals surface area contributed by atoms with Gasteiger partial charge >= 0.3 is 12.2 Å². The standard InChI is InChI=1S/C27H33N5O6/c1-27(2,3)38-25(35)30-22(15-19-16-29-21-12-8-7-11-20(19)21)24(34)31-32-26(36)37-17-23(33)28-14-13-18-9-5-4-6-10-18/h4-12,16,22,29H,13-15,17H2,1-3H3,(H,28,33)(H,30,35)(H,31,34)(H,32,36)/t22-/m0/s1. The van der Waals surface area contributed by atoms with E-state index in [0.717, 1.165) is 22.0 Å². The third kappa shape index (κ3) is 9.16. The number of amides is 4. The van der Waals surface area contributed by atoms with E-state index in [1.165, 1.54) is 0 Å². The number of aromatic amines is 1. The van der Waals surface area contributed by atoms with Crippen LogP contribution in [-0.4, -0.2) is 53.8 Å². The van der Waals surface area contributed by atoms with Gasteiger partial charge in [0.05, 0.1) is 0 Å². The number of H-pyrrole nitrogens is 1. The average Bonchev–Trinajstić information content (AvgIpc) is 3.28. The Hall–Kier alpha value is -4.54. The number of nitrogens with one attached hydrogen (secondary N) is 5. The normalized spacial score (nSPS) is 11.8. The molecule has 0 radical (unpaired) electrons. The highest BCUT2D eigenvalue weighted by Crippen LogP contribution is 2.19. The summed E-state index contributed by atoms with van der Waals surface area (Å²) in [5.74, 6) is -1.18. The largest absolute Gasteiger partial charge is 0.444 e. The lowest BCUT2D eigenvalue weighted by Crippen LogP contribution is -2.54. The van der Waals surface area contributed by atoms with Crippen molar-refractivity contribution in [2.45, 2.75) is 45.3 Å². The molecule has 4 amide bonds. The molecule has 0 fully saturated rings. The van der Waals surface area contributed by atoms with Gasteiger partial charge in [0.2, 0.25) is 0 Å². The zero-order valence-electron chi connectivity index (χ0n) is 21.6. The minimum atomic E-state index is -1.08. The summed E-state index contributed by atoms with van der Waals surface area (Å²) >= 11 is 0. The van der Waals surface area contributed by atoms with Gasteiger partial charge in [0, 0.05) is 30.1 Å². The van der Waals surface area contributed by atoms with Crippen molar-refractivity contribution in [3.05, 3.63) is 71.9 Å². The molecule has 1 aromatic heterocycles. The lowest BCUT2D eigenvalue weighted by Gasteiger charge is -2.23. The molecule has 0 unspecified atom stereocenters. The predicted octanol–water partition coefficient (Wildman–Crippen LogP) is 2.72. The summed E-state index contributed by atoms with van der Waals surface area (Å²) in [7, 11) is 0. The van der Waals surface area contributed by atoms with E-state index in [9.17, 15) is 19.2 Å². The van der Waals surface area contributed by atoms with E-state index >= 15 is 0 Å². The molecule has 0 aliphatic carbocycles. The van der Waals surface area contributed by atoms with Crippen molar-refractivity contribution in [3.8, 4) is 0 Å². The van der Waals surface area contributed by atoms with Crippen LogP contribution in [0.25, 0.3) is 10.9 Å². The van der Waals surface area contributed by atoms with Crippen molar-refractivity contribution in [1.82, 2.24) is 26.5 Å². The van der Waals surface area contributed by atoms with Gasteiger partial charge in [-0.25, -0.2) is 15.0 Å². The Bertz CT molecular complexity index is 1250. The van der Waals surface area contributed by atoms with Crippen LogP contribution in [-0.2, 0) is 31.9 Å². The Morgan fingerprint density at radius 2 is 1.63 bits per heavy atom. The molecule has 3 rings (SSSR count). The second-order valence-corrected chi connectivity index (χ2v) is 9.54. The number of hydrazine groups is 1. The van der Waals surface area contributed by atoms with Crippen molar-refractivity contribution in [1.29, 1.82) is 0 Å². The van der Waals surface area contributed by atoms with Gasteiger partial charge in [-0.1, -0.05) is 48.5 Å². The molecule has 11 nitrogen and oxygen atoms in total. The number of benzene rings is 2. The van der Waals surface area contributed by atoms with E-state index in [0.29, 0.717) is 13.0 Å². The summed E-state index contributed by atoms with van der Waals surface area (Å²) in [6, 6.07) is 16.1. The monoisotopic (exact) mass is 523 g/mol. The molecule has 0 spiro atoms. The van der Waals surface area contributed by atoms with E-state index < -0.39 is 42.3 Å². The number of alkyl carbamates (subject to hydrolysis) is 1. The fraction of sp³-hybridized carbons (Fsp3) is 0.333. The molecule has 11 heteroatoms. The first-order valence-electron chi connectivity index (χ1n) is 12.2. The van der Waals surface area contributed by atoms with Crippen LogP contribution in [0.4, 0.5) is 9.59 Å². The zero-order chi connectivity index (χ0) is 27.5. The van der Waals surface area contributed by atoms with Crippen LogP contribution in [0.1, 0.15) is 31.9 Å². The quantitative estimate of drug-likeness (QED) is 0.272. The third-order valence-corrected chi connectivity index (χ3v) is 5.31. The van der Waals surface area contributed by atoms with E-state index in [1.807, 2.05) is 54.6 Å². The lowest BCUT2D eigenvalue weighted by atomic mass is 10.0. The highest BCUT2D eigenvalue weighted by molar-refractivity contribution is 5.89. The van der Waals surface area contributed by atoms with E-state index in [4.69, 9.17) is 9.47 Å². The summed E-state index contributed by atoms with van der Waals surface area (Å²) < 4.78 is 10.1. The van der Waals surface area contributed by atoms with Crippen molar-refractivity contribution >= 4 is 34.9 Å². The first-order valence-corrected chi connectivity index (χ1v) is 12.2. The molecule has 5 N–H and O–H groups in total. The fourth-order valence-corrected chi connectivity index (χ4v) is 3.59. The number of carbonyl (C=O) groups is 4. The zero-order valence-corrected chi connectivity index (χ0v) is 21.6. The molecule has 0 saturated heterocycles. The van der Waals surface area contributed by atoms with Gasteiger partial charge < -0.3 is 25.1 Å². The number of para-hydroxylation sites is 1. The van der Waals surface area contributed by atoms with Crippen LogP contribution in [0.2, 0.25) is 0 Å². The average molecular weight is 524 g/mol. The Labute approximate surface area is 220 Å². The summed E-state index contributed by atoms with van der Waals surface area (Å²) in [6.45, 7) is 4.98. The maximum absolute atomic E-state index is 12.9. The van der Waals surface area contributed by atoms with Gasteiger partial charge in [0.1, 0.15) is 11.6 Å². The van der Waals surface area contributed by atoms with E-state index in [1.54, 1.807) is 27.0 Å². The smallest absolute Gasteiger partial charge is 0.426 e. The van der Waals surface area contributed by atoms with E-state index in [2.05, 4.69) is 26.5 Å². The van der Waals surface area contributed by atoms with Crippen LogP contribution < -0.4 is 21.5 Å². The van der Waals surface area contributed by atoms with Gasteiger partial charge in [-0.2, -0.15) is 0 Å². The van der Waals surface area contributed by atoms with Crippen LogP contribution in [0.15, 0.2) is 60.8 Å². The minimum absolute atomic E-state index is 0.121. The predicted molar refractivity (Wildman–Crippen MR) is 141 cm³/mol. The number of rotatable bonds is 9. The molecule has 0 aliphatic rings. The number of ether oxygens (including phenoxy) is 2. The number of hydrogen-bond donors (Lipinski definition) is 5. The second-order valence-electron chi connectivity index (χ2n) is 9.54. The molecular weight excluding hydrogens is 490 g/mol. The molecular formula is C27H33N5O6. The van der Waals surface area contributed by atoms with Gasteiger partial charge in [-0.3, -0.25) is 15.0 Å². The van der Waals surface area contributed by atoms with Crippen molar-refractivity contribution < 1.29 is 28.7 Å². The number of carbonyl (C=O) groups excluding carboxylic acids is 4. The highest BCUT2D eigenvalue weighted by Gasteiger charge is 2.26. The summed E-state index contributed by atoms with van der Waals surface area (Å²) in [5.41, 5.74) is 6.28. The molecule has 2 aromatic carbocycles. The SMILES string of the molecule is CC(C)(C)OC(=O)N[C@@H](Cc1c[nH]c2ccccc12)C(=O)NNC(=O)OCC(=O)NCCc1ccccc1. The Morgan fingerprint density at radius 1 is 0.921 bits per heavy atom. The fourth-order valence-electron chi connectivity index (χ4n) is 3.59. The lowest BCUT2D eigenvalue weighted by molar-refractivity contribution is -0.124. The number of aromatic nitrogens is 1. The van der Waals surface area contributed by atoms with Crippen molar-refractivity contribution in [2.24, 2.45) is 0 Å². The Morgan fingerprint density at radius 3 is 2.37 bits per heavy atom. The molecule has 0 aliphatic heterocycles. The van der Waals surface area contributed by atoms with Gasteiger partial charge in [0.25, 0.3) is 11.8 Å². The van der Waals surface area contributed by atoms with Gasteiger partial charge in [-0.05, 0) is 44.4 Å². The number of fused-ring (bicyclic) bond motifs is 1. The van der Waals surface area contributed by atoms with Crippen LogP contribution in [0.5, 0.6) is 0 Å². The third-order valence-electron chi connectivity index (χ3n) is 5.31. The highest BCUT2D eigenvalue weighted by atomic mass is 16.6.